The molecule has 0 aromatic carbocycles. The van der Waals surface area contributed by atoms with Crippen LogP contribution in [0.3, 0.4) is 0 Å². The summed E-state index contributed by atoms with van der Waals surface area (Å²) in [6.45, 7) is 7.67. The van der Waals surface area contributed by atoms with E-state index in [9.17, 15) is 9.59 Å². The lowest BCUT2D eigenvalue weighted by Crippen LogP contribution is -2.22. The minimum Gasteiger partial charge on any atom is -0.461 e. The van der Waals surface area contributed by atoms with E-state index in [0.29, 0.717) is 13.0 Å². The molecule has 0 spiro atoms. The summed E-state index contributed by atoms with van der Waals surface area (Å²) in [6, 6.07) is 0. The molecule has 0 N–H and O–H groups in total. The molecule has 0 unspecified atom stereocenters. The van der Waals surface area contributed by atoms with Crippen LogP contribution in [0.15, 0.2) is 11.6 Å². The molecule has 0 rings (SSSR count). The molecule has 0 aromatic heterocycles. The third kappa shape index (κ3) is 6.89. The average molecular weight is 212 g/mol. The molecule has 0 aliphatic heterocycles. The van der Waals surface area contributed by atoms with Gasteiger partial charge in [0.05, 0.1) is 5.41 Å². The number of esters is 1. The van der Waals surface area contributed by atoms with Crippen molar-refractivity contribution in [3.63, 3.8) is 0 Å². The Kier molecular flexibility index (Phi) is 5.90. The monoisotopic (exact) mass is 212 g/mol. The van der Waals surface area contributed by atoms with Crippen LogP contribution in [0.1, 0.15) is 40.5 Å². The zero-order chi connectivity index (χ0) is 11.9. The van der Waals surface area contributed by atoms with Crippen LogP contribution >= 0.6 is 0 Å². The Labute approximate surface area is 91.5 Å². The summed E-state index contributed by atoms with van der Waals surface area (Å²) in [6.07, 6.45) is 3.98. The van der Waals surface area contributed by atoms with Crippen molar-refractivity contribution in [2.24, 2.45) is 5.41 Å². The van der Waals surface area contributed by atoms with E-state index in [-0.39, 0.29) is 5.97 Å². The number of hydrogen-bond donors (Lipinski definition) is 0. The van der Waals surface area contributed by atoms with E-state index in [1.54, 1.807) is 0 Å². The minimum absolute atomic E-state index is 0.207. The second-order valence-corrected chi connectivity index (χ2v) is 4.60. The fourth-order valence-corrected chi connectivity index (χ4v) is 0.865. The van der Waals surface area contributed by atoms with Crippen molar-refractivity contribution in [2.45, 2.75) is 40.5 Å². The molecule has 0 radical (unpaired) electrons. The largest absolute Gasteiger partial charge is 0.461 e. The number of ether oxygens (including phenoxy) is 1. The molecule has 86 valence electrons. The molecule has 0 heterocycles. The second kappa shape index (κ2) is 6.38. The van der Waals surface area contributed by atoms with Crippen LogP contribution in [0, 0.1) is 5.41 Å². The van der Waals surface area contributed by atoms with Crippen molar-refractivity contribution in [3.8, 4) is 0 Å². The summed E-state index contributed by atoms with van der Waals surface area (Å²) in [4.78, 5) is 21.5. The molecule has 15 heavy (non-hydrogen) atoms. The highest BCUT2D eigenvalue weighted by atomic mass is 16.5. The maximum absolute atomic E-state index is 11.4. The first-order valence-corrected chi connectivity index (χ1v) is 5.14. The van der Waals surface area contributed by atoms with Gasteiger partial charge in [-0.05, 0) is 40.2 Å². The van der Waals surface area contributed by atoms with Crippen LogP contribution in [-0.2, 0) is 14.3 Å². The van der Waals surface area contributed by atoms with Crippen LogP contribution < -0.4 is 0 Å². The van der Waals surface area contributed by atoms with Gasteiger partial charge in [0.15, 0.2) is 0 Å². The molecule has 0 saturated heterocycles. The van der Waals surface area contributed by atoms with E-state index < -0.39 is 5.41 Å². The van der Waals surface area contributed by atoms with Crippen LogP contribution in [0.25, 0.3) is 0 Å². The first-order chi connectivity index (χ1) is 6.88. The van der Waals surface area contributed by atoms with Gasteiger partial charge in [-0.3, -0.25) is 4.79 Å². The van der Waals surface area contributed by atoms with Crippen LogP contribution in [0.2, 0.25) is 0 Å². The molecule has 3 heteroatoms. The number of allylic oxidation sites excluding steroid dienone is 1. The second-order valence-electron chi connectivity index (χ2n) is 4.60. The van der Waals surface area contributed by atoms with E-state index in [1.165, 1.54) is 0 Å². The first kappa shape index (κ1) is 13.9. The van der Waals surface area contributed by atoms with Gasteiger partial charge in [0.1, 0.15) is 12.9 Å². The van der Waals surface area contributed by atoms with Crippen LogP contribution in [0.4, 0.5) is 0 Å². The molecular formula is C12H20O3. The lowest BCUT2D eigenvalue weighted by molar-refractivity contribution is -0.151. The topological polar surface area (TPSA) is 43.4 Å². The van der Waals surface area contributed by atoms with Gasteiger partial charge in [-0.2, -0.15) is 0 Å². The van der Waals surface area contributed by atoms with Gasteiger partial charge in [0.25, 0.3) is 0 Å². The Hall–Kier alpha value is -1.12. The van der Waals surface area contributed by atoms with Gasteiger partial charge < -0.3 is 9.53 Å². The number of aldehydes is 1. The summed E-state index contributed by atoms with van der Waals surface area (Å²) in [7, 11) is 0. The summed E-state index contributed by atoms with van der Waals surface area (Å²) >= 11 is 0. The Bertz CT molecular complexity index is 246. The summed E-state index contributed by atoms with van der Waals surface area (Å²) < 4.78 is 5.05. The Balaban J connectivity index is 3.87. The van der Waals surface area contributed by atoms with E-state index in [4.69, 9.17) is 4.74 Å². The van der Waals surface area contributed by atoms with Gasteiger partial charge in [0.2, 0.25) is 0 Å². The average Bonchev–Trinajstić information content (AvgIpc) is 2.13. The molecule has 0 saturated carbocycles. The highest BCUT2D eigenvalue weighted by Crippen LogP contribution is 2.15. The van der Waals surface area contributed by atoms with Gasteiger partial charge >= 0.3 is 5.97 Å². The Morgan fingerprint density at radius 2 is 1.93 bits per heavy atom. The van der Waals surface area contributed by atoms with Crippen molar-refractivity contribution in [1.29, 1.82) is 0 Å². The van der Waals surface area contributed by atoms with Gasteiger partial charge in [-0.1, -0.05) is 5.57 Å². The standard InChI is InChI=1S/C12H20O3/c1-10(6-5-8-13)7-9-15-11(14)12(2,3)4/h7-8H,5-6,9H2,1-4H3/b10-7+. The normalized spacial score (nSPS) is 12.4. The third-order valence-electron chi connectivity index (χ3n) is 1.92. The SMILES string of the molecule is C/C(=C\COC(=O)C(C)(C)C)CCC=O. The molecule has 0 bridgehead atoms. The molecule has 0 fully saturated rings. The number of hydrogen-bond acceptors (Lipinski definition) is 3. The van der Waals surface area contributed by atoms with Gasteiger partial charge in [-0.25, -0.2) is 0 Å². The molecular weight excluding hydrogens is 192 g/mol. The smallest absolute Gasteiger partial charge is 0.311 e. The number of rotatable bonds is 5. The van der Waals surface area contributed by atoms with Crippen LogP contribution in [0.5, 0.6) is 0 Å². The summed E-state index contributed by atoms with van der Waals surface area (Å²) in [5.41, 5.74) is 0.619. The van der Waals surface area contributed by atoms with E-state index in [1.807, 2.05) is 33.8 Å². The molecule has 0 amide bonds. The fourth-order valence-electron chi connectivity index (χ4n) is 0.865. The van der Waals surface area contributed by atoms with Crippen molar-refractivity contribution in [1.82, 2.24) is 0 Å². The highest BCUT2D eigenvalue weighted by molar-refractivity contribution is 5.75. The quantitative estimate of drug-likeness (QED) is 0.399. The molecule has 0 aromatic rings. The number of carbonyl (C=O) groups is 2. The van der Waals surface area contributed by atoms with Gasteiger partial charge in [-0.15, -0.1) is 0 Å². The molecule has 0 atom stereocenters. The third-order valence-corrected chi connectivity index (χ3v) is 1.92. The molecule has 3 nitrogen and oxygen atoms in total. The predicted octanol–water partition coefficient (Wildman–Crippen LogP) is 2.50. The lowest BCUT2D eigenvalue weighted by atomic mass is 9.97. The maximum atomic E-state index is 11.4. The predicted molar refractivity (Wildman–Crippen MR) is 59.5 cm³/mol. The Morgan fingerprint density at radius 3 is 2.40 bits per heavy atom. The molecule has 0 aliphatic rings. The summed E-state index contributed by atoms with van der Waals surface area (Å²) in [5, 5.41) is 0. The van der Waals surface area contributed by atoms with Crippen molar-refractivity contribution >= 4 is 12.3 Å². The van der Waals surface area contributed by atoms with E-state index in [2.05, 4.69) is 0 Å². The number of carbonyl (C=O) groups excluding carboxylic acids is 2. The first-order valence-electron chi connectivity index (χ1n) is 5.14. The fraction of sp³-hybridized carbons (Fsp3) is 0.667. The van der Waals surface area contributed by atoms with Crippen molar-refractivity contribution < 1.29 is 14.3 Å². The molecule has 0 aliphatic carbocycles. The van der Waals surface area contributed by atoms with E-state index in [0.717, 1.165) is 18.3 Å². The zero-order valence-corrected chi connectivity index (χ0v) is 10.0. The lowest BCUT2D eigenvalue weighted by Gasteiger charge is -2.15. The van der Waals surface area contributed by atoms with Crippen molar-refractivity contribution in [3.05, 3.63) is 11.6 Å². The highest BCUT2D eigenvalue weighted by Gasteiger charge is 2.22. The van der Waals surface area contributed by atoms with Gasteiger partial charge in [0, 0.05) is 6.42 Å². The Morgan fingerprint density at radius 1 is 1.33 bits per heavy atom. The van der Waals surface area contributed by atoms with Crippen molar-refractivity contribution in [2.75, 3.05) is 6.61 Å². The summed E-state index contributed by atoms with van der Waals surface area (Å²) in [5.74, 6) is -0.207. The maximum Gasteiger partial charge on any atom is 0.311 e. The minimum atomic E-state index is -0.454. The van der Waals surface area contributed by atoms with E-state index >= 15 is 0 Å². The zero-order valence-electron chi connectivity index (χ0n) is 10.0. The van der Waals surface area contributed by atoms with Crippen LogP contribution in [-0.4, -0.2) is 18.9 Å².